The predicted octanol–water partition coefficient (Wildman–Crippen LogP) is 3.95. The second kappa shape index (κ2) is 7.01. The van der Waals surface area contributed by atoms with Gasteiger partial charge >= 0.3 is 0 Å². The van der Waals surface area contributed by atoms with E-state index in [1.165, 1.54) is 18.2 Å². The maximum Gasteiger partial charge on any atom is 0.138 e. The van der Waals surface area contributed by atoms with E-state index in [-0.39, 0.29) is 5.02 Å². The Kier molecular flexibility index (Phi) is 5.07. The molecule has 20 heavy (non-hydrogen) atoms. The van der Waals surface area contributed by atoms with E-state index in [2.05, 4.69) is 0 Å². The maximum absolute atomic E-state index is 12.8. The molecule has 0 aliphatic heterocycles. The number of benzene rings is 2. The first-order valence-corrected chi connectivity index (χ1v) is 6.41. The van der Waals surface area contributed by atoms with Crippen LogP contribution in [-0.4, -0.2) is 20.3 Å². The highest BCUT2D eigenvalue weighted by Crippen LogP contribution is 2.24. The molecule has 0 N–H and O–H groups in total. The predicted molar refractivity (Wildman–Crippen MR) is 75.4 cm³/mol. The molecule has 0 saturated carbocycles. The smallest absolute Gasteiger partial charge is 0.138 e. The van der Waals surface area contributed by atoms with Gasteiger partial charge in [-0.2, -0.15) is 0 Å². The summed E-state index contributed by atoms with van der Waals surface area (Å²) in [5.41, 5.74) is 0. The molecule has 0 amide bonds. The van der Waals surface area contributed by atoms with Crippen molar-refractivity contribution in [2.75, 3.05) is 20.3 Å². The van der Waals surface area contributed by atoms with Crippen molar-refractivity contribution in [2.24, 2.45) is 0 Å². The van der Waals surface area contributed by atoms with E-state index in [9.17, 15) is 4.39 Å². The number of hydrogen-bond donors (Lipinski definition) is 0. The molecule has 0 fully saturated rings. The minimum Gasteiger partial charge on any atom is -0.497 e. The summed E-state index contributed by atoms with van der Waals surface area (Å²) in [4.78, 5) is 0. The first-order valence-electron chi connectivity index (χ1n) is 6.04. The average Bonchev–Trinajstić information content (AvgIpc) is 2.46. The highest BCUT2D eigenvalue weighted by molar-refractivity contribution is 6.32. The van der Waals surface area contributed by atoms with E-state index >= 15 is 0 Å². The van der Waals surface area contributed by atoms with Gasteiger partial charge in [-0.25, -0.2) is 4.39 Å². The first kappa shape index (κ1) is 14.5. The minimum atomic E-state index is -0.392. The van der Waals surface area contributed by atoms with Crippen LogP contribution in [0.5, 0.6) is 17.2 Å². The lowest BCUT2D eigenvalue weighted by Crippen LogP contribution is -2.09. The van der Waals surface area contributed by atoms with Crippen molar-refractivity contribution in [1.82, 2.24) is 0 Å². The van der Waals surface area contributed by atoms with Gasteiger partial charge < -0.3 is 14.2 Å². The molecular formula is C15H14ClFO3. The standard InChI is InChI=1S/C15H14ClFO3/c1-18-12-3-5-13(6-4-12)19-8-9-20-15-7-2-11(17)10-14(15)16/h2-7,10H,8-9H2,1H3. The van der Waals surface area contributed by atoms with E-state index < -0.39 is 5.82 Å². The highest BCUT2D eigenvalue weighted by atomic mass is 35.5. The van der Waals surface area contributed by atoms with E-state index in [1.807, 2.05) is 24.3 Å². The molecule has 0 heterocycles. The summed E-state index contributed by atoms with van der Waals surface area (Å²) in [6.07, 6.45) is 0. The van der Waals surface area contributed by atoms with Crippen LogP contribution >= 0.6 is 11.6 Å². The molecule has 2 aromatic carbocycles. The quantitative estimate of drug-likeness (QED) is 0.756. The van der Waals surface area contributed by atoms with Gasteiger partial charge in [-0.3, -0.25) is 0 Å². The molecule has 0 saturated heterocycles. The molecule has 0 spiro atoms. The van der Waals surface area contributed by atoms with Crippen LogP contribution in [0.25, 0.3) is 0 Å². The zero-order chi connectivity index (χ0) is 14.4. The second-order valence-electron chi connectivity index (χ2n) is 3.95. The molecule has 0 radical (unpaired) electrons. The van der Waals surface area contributed by atoms with Crippen molar-refractivity contribution >= 4 is 11.6 Å². The Morgan fingerprint density at radius 1 is 0.950 bits per heavy atom. The zero-order valence-electron chi connectivity index (χ0n) is 10.9. The molecule has 0 bridgehead atoms. The SMILES string of the molecule is COc1ccc(OCCOc2ccc(F)cc2Cl)cc1. The lowest BCUT2D eigenvalue weighted by Gasteiger charge is -2.10. The largest absolute Gasteiger partial charge is 0.497 e. The van der Waals surface area contributed by atoms with E-state index in [0.29, 0.717) is 19.0 Å². The van der Waals surface area contributed by atoms with Gasteiger partial charge in [0.2, 0.25) is 0 Å². The molecule has 0 atom stereocenters. The van der Waals surface area contributed by atoms with Gasteiger partial charge in [0.25, 0.3) is 0 Å². The van der Waals surface area contributed by atoms with Crippen LogP contribution in [0, 0.1) is 5.82 Å². The Hall–Kier alpha value is -1.94. The fraction of sp³-hybridized carbons (Fsp3) is 0.200. The molecular weight excluding hydrogens is 283 g/mol. The molecule has 2 aromatic rings. The topological polar surface area (TPSA) is 27.7 Å². The molecule has 3 nitrogen and oxygen atoms in total. The molecule has 106 valence electrons. The van der Waals surface area contributed by atoms with Gasteiger partial charge in [-0.05, 0) is 42.5 Å². The number of halogens is 2. The summed E-state index contributed by atoms with van der Waals surface area (Å²) in [5.74, 6) is 1.54. The van der Waals surface area contributed by atoms with Crippen LogP contribution in [0.1, 0.15) is 0 Å². The Balaban J connectivity index is 1.78. The Bertz CT molecular complexity index is 558. The lowest BCUT2D eigenvalue weighted by atomic mass is 10.3. The summed E-state index contributed by atoms with van der Waals surface area (Å²) >= 11 is 5.84. The van der Waals surface area contributed by atoms with Crippen LogP contribution in [0.15, 0.2) is 42.5 Å². The van der Waals surface area contributed by atoms with Crippen molar-refractivity contribution in [3.63, 3.8) is 0 Å². The first-order chi connectivity index (χ1) is 9.69. The number of methoxy groups -OCH3 is 1. The Morgan fingerprint density at radius 3 is 2.25 bits per heavy atom. The second-order valence-corrected chi connectivity index (χ2v) is 4.35. The number of hydrogen-bond acceptors (Lipinski definition) is 3. The number of rotatable bonds is 6. The van der Waals surface area contributed by atoms with Gasteiger partial charge in [-0.15, -0.1) is 0 Å². The zero-order valence-corrected chi connectivity index (χ0v) is 11.7. The third-order valence-electron chi connectivity index (χ3n) is 2.56. The summed E-state index contributed by atoms with van der Waals surface area (Å²) < 4.78 is 28.8. The fourth-order valence-electron chi connectivity index (χ4n) is 1.58. The van der Waals surface area contributed by atoms with Gasteiger partial charge in [0.1, 0.15) is 36.3 Å². The fourth-order valence-corrected chi connectivity index (χ4v) is 1.80. The third-order valence-corrected chi connectivity index (χ3v) is 2.86. The van der Waals surface area contributed by atoms with Crippen LogP contribution in [0.3, 0.4) is 0 Å². The van der Waals surface area contributed by atoms with Gasteiger partial charge in [0.05, 0.1) is 12.1 Å². The molecule has 0 aromatic heterocycles. The van der Waals surface area contributed by atoms with Gasteiger partial charge in [-0.1, -0.05) is 11.6 Å². The van der Waals surface area contributed by atoms with E-state index in [0.717, 1.165) is 11.5 Å². The van der Waals surface area contributed by atoms with Crippen molar-refractivity contribution in [1.29, 1.82) is 0 Å². The molecule has 0 aliphatic carbocycles. The number of ether oxygens (including phenoxy) is 3. The van der Waals surface area contributed by atoms with Crippen LogP contribution < -0.4 is 14.2 Å². The van der Waals surface area contributed by atoms with Gasteiger partial charge in [0.15, 0.2) is 0 Å². The van der Waals surface area contributed by atoms with Crippen molar-refractivity contribution < 1.29 is 18.6 Å². The minimum absolute atomic E-state index is 0.245. The Labute approximate surface area is 121 Å². The van der Waals surface area contributed by atoms with Gasteiger partial charge in [0, 0.05) is 0 Å². The summed E-state index contributed by atoms with van der Waals surface area (Å²) in [6, 6.07) is 11.2. The molecule has 0 unspecified atom stereocenters. The van der Waals surface area contributed by atoms with Crippen molar-refractivity contribution in [2.45, 2.75) is 0 Å². The summed E-state index contributed by atoms with van der Waals surface area (Å²) in [6.45, 7) is 0.678. The highest BCUT2D eigenvalue weighted by Gasteiger charge is 2.03. The van der Waals surface area contributed by atoms with Crippen LogP contribution in [0.2, 0.25) is 5.02 Å². The third kappa shape index (κ3) is 4.03. The van der Waals surface area contributed by atoms with Crippen molar-refractivity contribution in [3.05, 3.63) is 53.3 Å². The summed E-state index contributed by atoms with van der Waals surface area (Å²) in [5, 5.41) is 0.245. The monoisotopic (exact) mass is 296 g/mol. The van der Waals surface area contributed by atoms with Crippen molar-refractivity contribution in [3.8, 4) is 17.2 Å². The molecule has 0 aliphatic rings. The maximum atomic E-state index is 12.8. The normalized spacial score (nSPS) is 10.2. The molecule has 5 heteroatoms. The Morgan fingerprint density at radius 2 is 1.60 bits per heavy atom. The van der Waals surface area contributed by atoms with E-state index in [1.54, 1.807) is 7.11 Å². The van der Waals surface area contributed by atoms with Crippen LogP contribution in [0.4, 0.5) is 4.39 Å². The summed E-state index contributed by atoms with van der Waals surface area (Å²) in [7, 11) is 1.61. The van der Waals surface area contributed by atoms with Crippen LogP contribution in [-0.2, 0) is 0 Å². The average molecular weight is 297 g/mol. The lowest BCUT2D eigenvalue weighted by molar-refractivity contribution is 0.217. The molecule has 2 rings (SSSR count). The van der Waals surface area contributed by atoms with E-state index in [4.69, 9.17) is 25.8 Å².